The lowest BCUT2D eigenvalue weighted by molar-refractivity contribution is -0.278. The number of benzene rings is 1. The minimum absolute atomic E-state index is 0.124. The number of aldehydes is 1. The van der Waals surface area contributed by atoms with Gasteiger partial charge in [0.25, 0.3) is 0 Å². The van der Waals surface area contributed by atoms with Crippen LogP contribution in [0.25, 0.3) is 0 Å². The Morgan fingerprint density at radius 3 is 2.67 bits per heavy atom. The molecule has 1 aliphatic rings. The summed E-state index contributed by atoms with van der Waals surface area (Å²) in [6.45, 7) is 2.31. The summed E-state index contributed by atoms with van der Waals surface area (Å²) in [6, 6.07) is 9.75. The van der Waals surface area contributed by atoms with Crippen LogP contribution in [0.4, 0.5) is 0 Å². The Balaban J connectivity index is 2.04. The van der Waals surface area contributed by atoms with E-state index in [1.807, 2.05) is 37.3 Å². The molecule has 1 heterocycles. The van der Waals surface area contributed by atoms with Crippen LogP contribution in [0.15, 0.2) is 30.3 Å². The molecule has 5 nitrogen and oxygen atoms in total. The van der Waals surface area contributed by atoms with Crippen LogP contribution in [0.2, 0.25) is 0 Å². The normalized spacial score (nSPS) is 32.8. The van der Waals surface area contributed by atoms with Gasteiger partial charge in [0.1, 0.15) is 12.4 Å². The largest absolute Gasteiger partial charge is 0.388 e. The molecule has 0 unspecified atom stereocenters. The molecular weight excluding hydrogens is 272 g/mol. The highest BCUT2D eigenvalue weighted by Gasteiger charge is 2.43. The van der Waals surface area contributed by atoms with E-state index in [9.17, 15) is 9.90 Å². The highest BCUT2D eigenvalue weighted by atomic mass is 16.7. The molecule has 1 aliphatic heterocycles. The summed E-state index contributed by atoms with van der Waals surface area (Å²) in [5.41, 5.74) is 1.03. The minimum Gasteiger partial charge on any atom is -0.388 e. The fourth-order valence-electron chi connectivity index (χ4n) is 2.63. The van der Waals surface area contributed by atoms with Crippen LogP contribution in [0, 0.1) is 5.92 Å². The molecule has 0 bridgehead atoms. The lowest BCUT2D eigenvalue weighted by Crippen LogP contribution is -2.55. The number of aliphatic hydroxyl groups is 1. The van der Waals surface area contributed by atoms with Crippen LogP contribution in [0.1, 0.15) is 18.9 Å². The molecule has 0 radical (unpaired) electrons. The van der Waals surface area contributed by atoms with Crippen molar-refractivity contribution in [2.45, 2.75) is 44.6 Å². The van der Waals surface area contributed by atoms with Gasteiger partial charge in [-0.05, 0) is 5.56 Å². The summed E-state index contributed by atoms with van der Waals surface area (Å²) in [5.74, 6) is -0.128. The Bertz CT molecular complexity index is 436. The van der Waals surface area contributed by atoms with Crippen LogP contribution < -0.4 is 0 Å². The lowest BCUT2D eigenvalue weighted by atomic mass is 9.91. The molecular formula is C16H22O5. The predicted octanol–water partition coefficient (Wildman–Crippen LogP) is 1.53. The van der Waals surface area contributed by atoms with Crippen molar-refractivity contribution in [2.24, 2.45) is 5.92 Å². The van der Waals surface area contributed by atoms with E-state index < -0.39 is 24.6 Å². The smallest absolute Gasteiger partial charge is 0.162 e. The Labute approximate surface area is 124 Å². The van der Waals surface area contributed by atoms with Gasteiger partial charge in [-0.15, -0.1) is 0 Å². The first kappa shape index (κ1) is 16.1. The number of rotatable bonds is 6. The van der Waals surface area contributed by atoms with E-state index in [2.05, 4.69) is 0 Å². The van der Waals surface area contributed by atoms with E-state index in [0.717, 1.165) is 11.8 Å². The van der Waals surface area contributed by atoms with Gasteiger partial charge in [-0.25, -0.2) is 0 Å². The van der Waals surface area contributed by atoms with Gasteiger partial charge in [0.2, 0.25) is 0 Å². The second-order valence-corrected chi connectivity index (χ2v) is 5.29. The number of carbonyl (C=O) groups is 1. The molecule has 1 N–H and O–H groups in total. The van der Waals surface area contributed by atoms with Crippen molar-refractivity contribution in [3.8, 4) is 0 Å². The summed E-state index contributed by atoms with van der Waals surface area (Å²) < 4.78 is 16.8. The second kappa shape index (κ2) is 7.66. The Morgan fingerprint density at radius 2 is 2.05 bits per heavy atom. The first-order valence-corrected chi connectivity index (χ1v) is 7.13. The molecule has 21 heavy (non-hydrogen) atoms. The molecule has 5 heteroatoms. The second-order valence-electron chi connectivity index (χ2n) is 5.29. The number of carbonyl (C=O) groups excluding carboxylic acids is 1. The van der Waals surface area contributed by atoms with Crippen molar-refractivity contribution in [2.75, 3.05) is 7.11 Å². The topological polar surface area (TPSA) is 65.0 Å². The van der Waals surface area contributed by atoms with Crippen LogP contribution in [-0.4, -0.2) is 43.1 Å². The van der Waals surface area contributed by atoms with Gasteiger partial charge in [0.05, 0.1) is 18.8 Å². The van der Waals surface area contributed by atoms with Gasteiger partial charge in [-0.3, -0.25) is 0 Å². The SMILES string of the molecule is CO[C@H]1O[C@H](CC=O)[C@@H](O)[C@@H](OCc2ccccc2)[C@@H]1C. The summed E-state index contributed by atoms with van der Waals surface area (Å²) >= 11 is 0. The van der Waals surface area contributed by atoms with Crippen molar-refractivity contribution >= 4 is 6.29 Å². The zero-order chi connectivity index (χ0) is 15.2. The van der Waals surface area contributed by atoms with Crippen molar-refractivity contribution in [1.29, 1.82) is 0 Å². The van der Waals surface area contributed by atoms with E-state index in [0.29, 0.717) is 6.61 Å². The van der Waals surface area contributed by atoms with Gasteiger partial charge in [0, 0.05) is 19.4 Å². The number of hydrogen-bond acceptors (Lipinski definition) is 5. The third-order valence-corrected chi connectivity index (χ3v) is 3.82. The van der Waals surface area contributed by atoms with Gasteiger partial charge in [0.15, 0.2) is 6.29 Å². The maximum atomic E-state index is 10.7. The van der Waals surface area contributed by atoms with Crippen LogP contribution in [-0.2, 0) is 25.6 Å². The standard InChI is InChI=1S/C16H22O5/c1-11-15(20-10-12-6-4-3-5-7-12)14(18)13(8-9-17)21-16(11)19-2/h3-7,9,11,13-16,18H,8,10H2,1-2H3/t11-,13+,14+,15-,16-/m0/s1. The van der Waals surface area contributed by atoms with Crippen LogP contribution in [0.3, 0.4) is 0 Å². The number of ether oxygens (including phenoxy) is 3. The maximum absolute atomic E-state index is 10.7. The molecule has 2 rings (SSSR count). The molecule has 5 atom stereocenters. The van der Waals surface area contributed by atoms with E-state index in [1.165, 1.54) is 0 Å². The quantitative estimate of drug-likeness (QED) is 0.806. The lowest BCUT2D eigenvalue weighted by Gasteiger charge is -2.42. The van der Waals surface area contributed by atoms with Gasteiger partial charge < -0.3 is 24.1 Å². The molecule has 0 aromatic heterocycles. The molecule has 0 spiro atoms. The molecule has 1 aromatic rings. The summed E-state index contributed by atoms with van der Waals surface area (Å²) in [5, 5.41) is 10.4. The van der Waals surface area contributed by atoms with Crippen molar-refractivity contribution < 1.29 is 24.1 Å². The van der Waals surface area contributed by atoms with Crippen LogP contribution in [0.5, 0.6) is 0 Å². The fourth-order valence-corrected chi connectivity index (χ4v) is 2.63. The van der Waals surface area contributed by atoms with Gasteiger partial charge >= 0.3 is 0 Å². The zero-order valence-electron chi connectivity index (χ0n) is 12.3. The van der Waals surface area contributed by atoms with E-state index >= 15 is 0 Å². The van der Waals surface area contributed by atoms with E-state index in [1.54, 1.807) is 7.11 Å². The minimum atomic E-state index is -0.847. The van der Waals surface area contributed by atoms with E-state index in [-0.39, 0.29) is 12.3 Å². The average Bonchev–Trinajstić information content (AvgIpc) is 2.51. The molecule has 0 amide bonds. The molecule has 116 valence electrons. The first-order valence-electron chi connectivity index (χ1n) is 7.13. The number of methoxy groups -OCH3 is 1. The number of aliphatic hydroxyl groups excluding tert-OH is 1. The summed E-state index contributed by atoms with van der Waals surface area (Å²) in [6.07, 6.45) is -1.50. The zero-order valence-corrected chi connectivity index (χ0v) is 12.3. The highest BCUT2D eigenvalue weighted by Crippen LogP contribution is 2.30. The number of hydrogen-bond donors (Lipinski definition) is 1. The van der Waals surface area contributed by atoms with E-state index in [4.69, 9.17) is 14.2 Å². The van der Waals surface area contributed by atoms with Crippen molar-refractivity contribution in [1.82, 2.24) is 0 Å². The highest BCUT2D eigenvalue weighted by molar-refractivity contribution is 5.50. The third kappa shape index (κ3) is 3.89. The molecule has 1 saturated heterocycles. The Hall–Kier alpha value is -1.27. The monoisotopic (exact) mass is 294 g/mol. The predicted molar refractivity (Wildman–Crippen MR) is 76.5 cm³/mol. The van der Waals surface area contributed by atoms with Crippen molar-refractivity contribution in [3.63, 3.8) is 0 Å². The summed E-state index contributed by atoms with van der Waals surface area (Å²) in [4.78, 5) is 10.7. The Morgan fingerprint density at radius 1 is 1.33 bits per heavy atom. The maximum Gasteiger partial charge on any atom is 0.162 e. The van der Waals surface area contributed by atoms with Gasteiger partial charge in [-0.1, -0.05) is 37.3 Å². The Kier molecular flexibility index (Phi) is 5.87. The van der Waals surface area contributed by atoms with Crippen molar-refractivity contribution in [3.05, 3.63) is 35.9 Å². The average molecular weight is 294 g/mol. The van der Waals surface area contributed by atoms with Crippen LogP contribution >= 0.6 is 0 Å². The molecule has 1 fully saturated rings. The molecule has 0 saturated carbocycles. The third-order valence-electron chi connectivity index (χ3n) is 3.82. The summed E-state index contributed by atoms with van der Waals surface area (Å²) in [7, 11) is 1.55. The molecule has 0 aliphatic carbocycles. The van der Waals surface area contributed by atoms with Gasteiger partial charge in [-0.2, -0.15) is 0 Å². The molecule has 1 aromatic carbocycles. The fraction of sp³-hybridized carbons (Fsp3) is 0.562. The first-order chi connectivity index (χ1) is 10.2.